The highest BCUT2D eigenvalue weighted by atomic mass is 35.5. The van der Waals surface area contributed by atoms with Gasteiger partial charge in [0.25, 0.3) is 0 Å². The number of carboxylic acid groups (broad SMARTS) is 1. The molecule has 18 nitrogen and oxygen atoms in total. The minimum absolute atomic E-state index is 0. The zero-order valence-corrected chi connectivity index (χ0v) is 47.5. The Morgan fingerprint density at radius 2 is 1.00 bits per heavy atom. The van der Waals surface area contributed by atoms with E-state index >= 15 is 0 Å². The molecular formula is C57H94ClN7O11. The third kappa shape index (κ3) is 26.2. The van der Waals surface area contributed by atoms with E-state index < -0.39 is 11.6 Å². The van der Waals surface area contributed by atoms with Crippen LogP contribution in [0.5, 0.6) is 0 Å². The normalized spacial score (nSPS) is 16.5. The molecule has 0 atom stereocenters. The molecule has 430 valence electrons. The first-order chi connectivity index (χ1) is 36.0. The van der Waals surface area contributed by atoms with Gasteiger partial charge in [-0.25, -0.2) is 14.8 Å². The van der Waals surface area contributed by atoms with Gasteiger partial charge in [-0.05, 0) is 184 Å². The highest BCUT2D eigenvalue weighted by molar-refractivity contribution is 5.85. The van der Waals surface area contributed by atoms with Gasteiger partial charge in [0.05, 0.1) is 27.8 Å². The third-order valence-electron chi connectivity index (χ3n) is 14.4. The van der Waals surface area contributed by atoms with Gasteiger partial charge in [-0.1, -0.05) is 12.1 Å². The van der Waals surface area contributed by atoms with Gasteiger partial charge in [-0.3, -0.25) is 24.0 Å². The van der Waals surface area contributed by atoms with Gasteiger partial charge in [0.1, 0.15) is 17.2 Å². The Hall–Kier alpha value is -5.23. The number of carboxylic acids is 1. The Labute approximate surface area is 460 Å². The Bertz CT molecular complexity index is 2070. The molecule has 3 fully saturated rings. The predicted octanol–water partition coefficient (Wildman–Crippen LogP) is 9.39. The van der Waals surface area contributed by atoms with Gasteiger partial charge < -0.3 is 49.8 Å². The van der Waals surface area contributed by atoms with Gasteiger partial charge >= 0.3 is 30.0 Å². The van der Waals surface area contributed by atoms with Crippen LogP contribution in [0.3, 0.4) is 0 Å². The Morgan fingerprint density at radius 3 is 1.41 bits per heavy atom. The summed E-state index contributed by atoms with van der Waals surface area (Å²) in [6, 6.07) is 8.18. The molecule has 5 aliphatic heterocycles. The highest BCUT2D eigenvalue weighted by Gasteiger charge is 2.27. The topological polar surface area (TPSA) is 228 Å². The molecule has 2 aromatic rings. The lowest BCUT2D eigenvalue weighted by Crippen LogP contribution is -2.41. The van der Waals surface area contributed by atoms with Crippen molar-refractivity contribution in [1.29, 1.82) is 0 Å². The molecule has 0 aliphatic carbocycles. The number of anilines is 2. The van der Waals surface area contributed by atoms with Crippen LogP contribution in [0, 0.1) is 17.8 Å². The van der Waals surface area contributed by atoms with Crippen molar-refractivity contribution < 1.29 is 54.2 Å². The summed E-state index contributed by atoms with van der Waals surface area (Å²) in [5.74, 6) is 3.08. The summed E-state index contributed by atoms with van der Waals surface area (Å²) in [4.78, 5) is 80.7. The molecule has 0 unspecified atom stereocenters. The lowest BCUT2D eigenvalue weighted by molar-refractivity contribution is -0.141. The molecule has 2 amide bonds. The van der Waals surface area contributed by atoms with Crippen molar-refractivity contribution in [2.24, 2.45) is 17.8 Å². The number of hydrogen-bond donors (Lipinski definition) is 4. The van der Waals surface area contributed by atoms with Crippen molar-refractivity contribution in [2.45, 2.75) is 174 Å². The minimum Gasteiger partial charge on any atom is -0.481 e. The summed E-state index contributed by atoms with van der Waals surface area (Å²) < 4.78 is 19.3. The van der Waals surface area contributed by atoms with Crippen LogP contribution in [0.4, 0.5) is 16.4 Å². The number of methoxy groups -OCH3 is 3. The number of carbonyl (C=O) groups is 6. The molecule has 7 heterocycles. The van der Waals surface area contributed by atoms with Crippen molar-refractivity contribution in [1.82, 2.24) is 25.1 Å². The van der Waals surface area contributed by atoms with E-state index in [1.165, 1.54) is 51.7 Å². The number of rotatable bonds is 18. The van der Waals surface area contributed by atoms with Crippen LogP contribution >= 0.6 is 12.4 Å². The molecule has 19 heteroatoms. The number of piperidine rings is 3. The summed E-state index contributed by atoms with van der Waals surface area (Å²) in [5.41, 5.74) is 3.93. The molecule has 3 saturated heterocycles. The van der Waals surface area contributed by atoms with E-state index in [2.05, 4.69) is 52.3 Å². The number of esters is 3. The molecule has 7 rings (SSSR count). The number of nitrogens with zero attached hydrogens (tertiary/aromatic N) is 4. The van der Waals surface area contributed by atoms with Crippen LogP contribution in [0.1, 0.15) is 167 Å². The number of aliphatic carboxylic acids is 1. The molecule has 4 N–H and O–H groups in total. The van der Waals surface area contributed by atoms with E-state index in [0.717, 1.165) is 165 Å². The zero-order valence-electron chi connectivity index (χ0n) is 46.7. The Kier molecular flexibility index (Phi) is 30.8. The zero-order chi connectivity index (χ0) is 54.4. The lowest BCUT2D eigenvalue weighted by atomic mass is 9.91. The van der Waals surface area contributed by atoms with Crippen LogP contribution in [0.15, 0.2) is 24.3 Å². The number of hydrogen-bond acceptors (Lipinski definition) is 15. The van der Waals surface area contributed by atoms with Crippen LogP contribution < -0.4 is 16.0 Å². The molecule has 0 aromatic carbocycles. The monoisotopic (exact) mass is 1090 g/mol. The molecular weight excluding hydrogens is 994 g/mol. The molecule has 2 aromatic heterocycles. The van der Waals surface area contributed by atoms with E-state index in [1.54, 1.807) is 4.90 Å². The van der Waals surface area contributed by atoms with E-state index in [-0.39, 0.29) is 50.2 Å². The highest BCUT2D eigenvalue weighted by Crippen LogP contribution is 2.27. The lowest BCUT2D eigenvalue weighted by Gasteiger charge is -2.33. The molecule has 0 saturated carbocycles. The van der Waals surface area contributed by atoms with E-state index in [0.29, 0.717) is 50.4 Å². The van der Waals surface area contributed by atoms with Crippen LogP contribution in [-0.4, -0.2) is 140 Å². The quantitative estimate of drug-likeness (QED) is 0.0805. The average molecular weight is 1090 g/mol. The Morgan fingerprint density at radius 1 is 0.592 bits per heavy atom. The fourth-order valence-corrected chi connectivity index (χ4v) is 9.93. The maximum absolute atomic E-state index is 12.5. The van der Waals surface area contributed by atoms with Crippen molar-refractivity contribution >= 4 is 59.9 Å². The number of pyridine rings is 2. The maximum atomic E-state index is 12.5. The smallest absolute Gasteiger partial charge is 0.410 e. The summed E-state index contributed by atoms with van der Waals surface area (Å²) in [7, 11) is 4.30. The number of nitrogens with one attached hydrogen (secondary N) is 3. The van der Waals surface area contributed by atoms with Crippen molar-refractivity contribution in [2.75, 3.05) is 84.3 Å². The summed E-state index contributed by atoms with van der Waals surface area (Å²) in [5, 5.41) is 18.5. The van der Waals surface area contributed by atoms with E-state index in [4.69, 9.17) is 9.84 Å². The third-order valence-corrected chi connectivity index (χ3v) is 14.4. The summed E-state index contributed by atoms with van der Waals surface area (Å²) in [6.07, 6.45) is 20.2. The first-order valence-corrected chi connectivity index (χ1v) is 27.9. The van der Waals surface area contributed by atoms with E-state index in [1.807, 2.05) is 37.8 Å². The van der Waals surface area contributed by atoms with Gasteiger partial charge in [0.15, 0.2) is 0 Å². The average Bonchev–Trinajstić information content (AvgIpc) is 3.42. The first-order valence-electron chi connectivity index (χ1n) is 27.9. The SMILES string of the molecule is COC(=O)CCCC1CCN(C(=O)CCc2ccc3c(n2)NCCC3)CC1.COC(=O)CCCC1CCN(C(=O)OC(C)(C)C)CC1.COC(=O)CCCC1CCNCC1.Cl.O=C(O)CCc1ccc2c(n1)NCCC2.[HH]. The summed E-state index contributed by atoms with van der Waals surface area (Å²) in [6.45, 7) is 13.0. The van der Waals surface area contributed by atoms with Crippen molar-refractivity contribution in [3.8, 4) is 0 Å². The van der Waals surface area contributed by atoms with Gasteiger partial charge in [0.2, 0.25) is 5.91 Å². The number of carbonyl (C=O) groups excluding carboxylic acids is 5. The van der Waals surface area contributed by atoms with Crippen LogP contribution in [-0.2, 0) is 68.6 Å². The van der Waals surface area contributed by atoms with Crippen LogP contribution in [0.2, 0.25) is 0 Å². The molecule has 0 spiro atoms. The Balaban J connectivity index is 0.000000362. The van der Waals surface area contributed by atoms with Crippen LogP contribution in [0.25, 0.3) is 0 Å². The number of amides is 2. The second-order valence-electron chi connectivity index (χ2n) is 21.4. The number of aromatic nitrogens is 2. The maximum Gasteiger partial charge on any atom is 0.410 e. The standard InChI is InChI=1S/C21H31N3O3.C15H27NO4.C11H14N2O2.C10H19NO2.ClH.H2/c1-27-20(26)6-2-4-16-11-14-24(15-12-16)19(25)10-9-18-8-7-17-5-3-13-22-21(17)23-18;1-15(2,3)20-14(18)16-10-8-12(9-11-16)6-5-7-13(17)19-4;14-10(15)6-5-9-4-3-8-2-1-7-12-11(8)13-9;1-13-10(12)4-2-3-9-5-7-11-8-6-9;;/h7-8,16H,2-6,9-15H2,1H3,(H,22,23);12H,5-11H2,1-4H3;3-4H,1-2,5-7H2,(H,12,13)(H,14,15);9,11H,2-8H2,1H3;2*1H. The number of likely N-dealkylation sites (tertiary alicyclic amines) is 2. The number of ether oxygens (including phenoxy) is 4. The molecule has 5 aliphatic rings. The minimum atomic E-state index is -0.775. The van der Waals surface area contributed by atoms with Gasteiger partial charge in [0, 0.05) is 84.2 Å². The number of aryl methyl sites for hydroxylation is 4. The first kappa shape index (κ1) is 65.1. The number of fused-ring (bicyclic) bond motifs is 2. The second kappa shape index (κ2) is 36.0. The predicted molar refractivity (Wildman–Crippen MR) is 299 cm³/mol. The molecule has 0 bridgehead atoms. The largest absolute Gasteiger partial charge is 0.481 e. The van der Waals surface area contributed by atoms with Crippen molar-refractivity contribution in [3.63, 3.8) is 0 Å². The van der Waals surface area contributed by atoms with Crippen molar-refractivity contribution in [3.05, 3.63) is 46.8 Å². The van der Waals surface area contributed by atoms with Gasteiger partial charge in [-0.2, -0.15) is 0 Å². The second-order valence-corrected chi connectivity index (χ2v) is 21.4. The van der Waals surface area contributed by atoms with Gasteiger partial charge in [-0.15, -0.1) is 12.4 Å². The fourth-order valence-electron chi connectivity index (χ4n) is 9.93. The van der Waals surface area contributed by atoms with E-state index in [9.17, 15) is 28.8 Å². The number of halogens is 1. The molecule has 0 radical (unpaired) electrons. The summed E-state index contributed by atoms with van der Waals surface area (Å²) >= 11 is 0. The molecule has 76 heavy (non-hydrogen) atoms. The fraction of sp³-hybridized carbons (Fsp3) is 0.719.